The fourth-order valence-corrected chi connectivity index (χ4v) is 2.17. The molecule has 0 aliphatic carbocycles. The van der Waals surface area contributed by atoms with Crippen LogP contribution in [0.3, 0.4) is 0 Å². The first-order valence-corrected chi connectivity index (χ1v) is 6.96. The minimum absolute atomic E-state index is 0.0229. The molecule has 5 nitrogen and oxygen atoms in total. The van der Waals surface area contributed by atoms with Gasteiger partial charge in [0.25, 0.3) is 0 Å². The van der Waals surface area contributed by atoms with Gasteiger partial charge in [-0.2, -0.15) is 0 Å². The van der Waals surface area contributed by atoms with Crippen LogP contribution in [0, 0.1) is 13.8 Å². The molecule has 0 N–H and O–H groups in total. The summed E-state index contributed by atoms with van der Waals surface area (Å²) >= 11 is 0. The molecular weight excluding hydrogens is 258 g/mol. The number of Topliss-reactive ketones (excluding diaryl/α,β-unsaturated/α-hetero) is 1. The van der Waals surface area contributed by atoms with Crippen LogP contribution in [0.1, 0.15) is 28.7 Å². The summed E-state index contributed by atoms with van der Waals surface area (Å²) in [6, 6.07) is 1.93. The highest BCUT2D eigenvalue weighted by Gasteiger charge is 2.14. The van der Waals surface area contributed by atoms with Crippen LogP contribution in [0.25, 0.3) is 0 Å². The molecule has 0 saturated carbocycles. The smallest absolute Gasteiger partial charge is 0.190 e. The zero-order valence-electron chi connectivity index (χ0n) is 12.9. The molecule has 0 aliphatic rings. The lowest BCUT2D eigenvalue weighted by molar-refractivity contribution is 0.0253. The molecule has 0 atom stereocenters. The van der Waals surface area contributed by atoms with Crippen molar-refractivity contribution in [2.24, 2.45) is 0 Å². The summed E-state index contributed by atoms with van der Waals surface area (Å²) in [5, 5.41) is 0. The highest BCUT2D eigenvalue weighted by atomic mass is 16.5. The van der Waals surface area contributed by atoms with Gasteiger partial charge in [-0.15, -0.1) is 0 Å². The second-order valence-electron chi connectivity index (χ2n) is 4.61. The average molecular weight is 283 g/mol. The van der Waals surface area contributed by atoms with Crippen molar-refractivity contribution in [3.63, 3.8) is 0 Å². The van der Waals surface area contributed by atoms with E-state index in [1.807, 2.05) is 19.9 Å². The fraction of sp³-hybridized carbons (Fsp3) is 0.667. The van der Waals surface area contributed by atoms with E-state index in [4.69, 9.17) is 14.2 Å². The third kappa shape index (κ3) is 4.74. The number of carbonyl (C=O) groups excluding carboxylic acids is 1. The van der Waals surface area contributed by atoms with E-state index in [1.54, 1.807) is 7.11 Å². The van der Waals surface area contributed by atoms with Crippen LogP contribution in [-0.2, 0) is 20.8 Å². The molecule has 1 aromatic heterocycles. The maximum absolute atomic E-state index is 12.1. The summed E-state index contributed by atoms with van der Waals surface area (Å²) in [6.07, 6.45) is 0. The molecule has 0 aromatic carbocycles. The molecule has 1 aromatic rings. The quantitative estimate of drug-likeness (QED) is 0.487. The van der Waals surface area contributed by atoms with Crippen LogP contribution in [0.4, 0.5) is 0 Å². The predicted octanol–water partition coefficient (Wildman–Crippen LogP) is 1.99. The van der Waals surface area contributed by atoms with E-state index in [1.165, 1.54) is 0 Å². The minimum atomic E-state index is 0.0229. The summed E-state index contributed by atoms with van der Waals surface area (Å²) in [5.41, 5.74) is 2.87. The Labute approximate surface area is 120 Å². The molecule has 1 heterocycles. The molecule has 114 valence electrons. The lowest BCUT2D eigenvalue weighted by atomic mass is 10.1. The van der Waals surface area contributed by atoms with E-state index >= 15 is 0 Å². The molecule has 0 radical (unpaired) electrons. The monoisotopic (exact) mass is 283 g/mol. The van der Waals surface area contributed by atoms with Crippen molar-refractivity contribution in [1.82, 2.24) is 4.57 Å². The summed E-state index contributed by atoms with van der Waals surface area (Å²) < 4.78 is 17.6. The van der Waals surface area contributed by atoms with Gasteiger partial charge in [-0.3, -0.25) is 4.79 Å². The number of aryl methyl sites for hydroxylation is 1. The van der Waals surface area contributed by atoms with Crippen LogP contribution in [-0.4, -0.2) is 50.5 Å². The van der Waals surface area contributed by atoms with Crippen molar-refractivity contribution in [2.45, 2.75) is 27.3 Å². The molecule has 20 heavy (non-hydrogen) atoms. The molecule has 0 saturated heterocycles. The van der Waals surface area contributed by atoms with Crippen LogP contribution in [0.5, 0.6) is 0 Å². The van der Waals surface area contributed by atoms with Gasteiger partial charge < -0.3 is 18.8 Å². The SMILES string of the molecule is CCn1c(C)cc(C(=O)COCCOCCOC)c1C. The number of ether oxygens (including phenoxy) is 3. The van der Waals surface area contributed by atoms with Gasteiger partial charge in [0.05, 0.1) is 26.4 Å². The van der Waals surface area contributed by atoms with E-state index in [2.05, 4.69) is 11.5 Å². The Kier molecular flexibility index (Phi) is 7.51. The van der Waals surface area contributed by atoms with E-state index in [0.29, 0.717) is 26.4 Å². The molecular formula is C15H25NO4. The number of methoxy groups -OCH3 is 1. The first-order valence-electron chi connectivity index (χ1n) is 6.96. The normalized spacial score (nSPS) is 11.0. The van der Waals surface area contributed by atoms with Gasteiger partial charge in [0, 0.05) is 30.6 Å². The molecule has 0 unspecified atom stereocenters. The fourth-order valence-electron chi connectivity index (χ4n) is 2.17. The first-order chi connectivity index (χ1) is 9.61. The Bertz CT molecular complexity index is 426. The van der Waals surface area contributed by atoms with Gasteiger partial charge in [0.2, 0.25) is 0 Å². The average Bonchev–Trinajstić information content (AvgIpc) is 2.72. The largest absolute Gasteiger partial charge is 0.382 e. The zero-order valence-corrected chi connectivity index (χ0v) is 12.9. The number of hydrogen-bond acceptors (Lipinski definition) is 4. The van der Waals surface area contributed by atoms with Crippen LogP contribution >= 0.6 is 0 Å². The summed E-state index contributed by atoms with van der Waals surface area (Å²) in [4.78, 5) is 12.1. The molecule has 0 bridgehead atoms. The van der Waals surface area contributed by atoms with Crippen molar-refractivity contribution in [3.05, 3.63) is 23.0 Å². The molecule has 5 heteroatoms. The number of hydrogen-bond donors (Lipinski definition) is 0. The number of ketones is 1. The van der Waals surface area contributed by atoms with Crippen LogP contribution < -0.4 is 0 Å². The van der Waals surface area contributed by atoms with Crippen molar-refractivity contribution in [1.29, 1.82) is 0 Å². The van der Waals surface area contributed by atoms with E-state index in [-0.39, 0.29) is 12.4 Å². The lowest BCUT2D eigenvalue weighted by Gasteiger charge is -2.06. The third-order valence-corrected chi connectivity index (χ3v) is 3.23. The van der Waals surface area contributed by atoms with E-state index in [9.17, 15) is 4.79 Å². The highest BCUT2D eigenvalue weighted by Crippen LogP contribution is 2.15. The molecule has 0 fully saturated rings. The third-order valence-electron chi connectivity index (χ3n) is 3.23. The van der Waals surface area contributed by atoms with Gasteiger partial charge in [-0.25, -0.2) is 0 Å². The molecule has 0 spiro atoms. The van der Waals surface area contributed by atoms with Crippen molar-refractivity contribution < 1.29 is 19.0 Å². The Morgan fingerprint density at radius 3 is 2.40 bits per heavy atom. The zero-order chi connectivity index (χ0) is 15.0. The van der Waals surface area contributed by atoms with Gasteiger partial charge >= 0.3 is 0 Å². The number of aromatic nitrogens is 1. The second-order valence-corrected chi connectivity index (χ2v) is 4.61. The Morgan fingerprint density at radius 1 is 1.15 bits per heavy atom. The molecule has 0 amide bonds. The minimum Gasteiger partial charge on any atom is -0.382 e. The van der Waals surface area contributed by atoms with E-state index in [0.717, 1.165) is 23.5 Å². The number of carbonyl (C=O) groups is 1. The number of rotatable bonds is 10. The molecule has 0 aliphatic heterocycles. The van der Waals surface area contributed by atoms with Crippen molar-refractivity contribution >= 4 is 5.78 Å². The van der Waals surface area contributed by atoms with Crippen molar-refractivity contribution in [2.75, 3.05) is 40.1 Å². The van der Waals surface area contributed by atoms with Gasteiger partial charge in [0.1, 0.15) is 6.61 Å². The van der Waals surface area contributed by atoms with Crippen molar-refractivity contribution in [3.8, 4) is 0 Å². The van der Waals surface area contributed by atoms with Crippen LogP contribution in [0.2, 0.25) is 0 Å². The summed E-state index contributed by atoms with van der Waals surface area (Å²) in [6.45, 7) is 9.04. The first kappa shape index (κ1) is 16.9. The van der Waals surface area contributed by atoms with Gasteiger partial charge in [0.15, 0.2) is 5.78 Å². The highest BCUT2D eigenvalue weighted by molar-refractivity contribution is 5.98. The second kappa shape index (κ2) is 8.89. The molecule has 1 rings (SSSR count). The lowest BCUT2D eigenvalue weighted by Crippen LogP contribution is -2.14. The summed E-state index contributed by atoms with van der Waals surface area (Å²) in [5.74, 6) is 0.0229. The Morgan fingerprint density at radius 2 is 1.80 bits per heavy atom. The Balaban J connectivity index is 2.33. The van der Waals surface area contributed by atoms with Gasteiger partial charge in [-0.05, 0) is 26.8 Å². The topological polar surface area (TPSA) is 49.7 Å². The summed E-state index contributed by atoms with van der Waals surface area (Å²) in [7, 11) is 1.63. The van der Waals surface area contributed by atoms with E-state index < -0.39 is 0 Å². The maximum atomic E-state index is 12.1. The van der Waals surface area contributed by atoms with Gasteiger partial charge in [-0.1, -0.05) is 0 Å². The van der Waals surface area contributed by atoms with Crippen LogP contribution in [0.15, 0.2) is 6.07 Å². The Hall–Kier alpha value is -1.17. The standard InChI is InChI=1S/C15H25NO4/c1-5-16-12(2)10-14(13(16)3)15(17)11-20-9-8-19-7-6-18-4/h10H,5-9,11H2,1-4H3. The maximum Gasteiger partial charge on any atom is 0.190 e. The predicted molar refractivity (Wildman–Crippen MR) is 77.4 cm³/mol. The number of nitrogens with zero attached hydrogens (tertiary/aromatic N) is 1.